The number of imide groups is 2. The number of anilines is 1. The first kappa shape index (κ1) is 17.3. The molecule has 130 valence electrons. The maximum absolute atomic E-state index is 12.7. The lowest BCUT2D eigenvalue weighted by Crippen LogP contribution is -2.54. The molecule has 4 amide bonds. The summed E-state index contributed by atoms with van der Waals surface area (Å²) >= 11 is 5.89. The van der Waals surface area contributed by atoms with Crippen molar-refractivity contribution in [1.29, 1.82) is 0 Å². The van der Waals surface area contributed by atoms with Gasteiger partial charge in [0.1, 0.15) is 5.57 Å². The van der Waals surface area contributed by atoms with Crippen LogP contribution in [0.4, 0.5) is 16.2 Å². The van der Waals surface area contributed by atoms with Gasteiger partial charge in [0.2, 0.25) is 0 Å². The molecule has 0 aliphatic carbocycles. The van der Waals surface area contributed by atoms with Gasteiger partial charge in [0.05, 0.1) is 10.6 Å². The Hall–Kier alpha value is -3.52. The van der Waals surface area contributed by atoms with Crippen LogP contribution in [0.3, 0.4) is 0 Å². The summed E-state index contributed by atoms with van der Waals surface area (Å²) in [5.41, 5.74) is 0.206. The summed E-state index contributed by atoms with van der Waals surface area (Å²) in [6.45, 7) is 0. The fraction of sp³-hybridized carbons (Fsp3) is 0. The van der Waals surface area contributed by atoms with E-state index in [-0.39, 0.29) is 16.9 Å². The van der Waals surface area contributed by atoms with E-state index in [4.69, 9.17) is 11.6 Å². The summed E-state index contributed by atoms with van der Waals surface area (Å²) in [5, 5.41) is 13.1. The lowest BCUT2D eigenvalue weighted by molar-refractivity contribution is -0.384. The highest BCUT2D eigenvalue weighted by Crippen LogP contribution is 2.24. The van der Waals surface area contributed by atoms with Crippen molar-refractivity contribution in [3.8, 4) is 0 Å². The molecule has 0 aromatic heterocycles. The summed E-state index contributed by atoms with van der Waals surface area (Å²) in [4.78, 5) is 47.7. The van der Waals surface area contributed by atoms with Gasteiger partial charge in [-0.1, -0.05) is 17.7 Å². The molecule has 0 spiro atoms. The zero-order chi connectivity index (χ0) is 18.8. The number of non-ortho nitro benzene ring substituents is 1. The van der Waals surface area contributed by atoms with Crippen LogP contribution in [0.2, 0.25) is 5.02 Å². The molecular weight excluding hydrogens is 362 g/mol. The molecule has 2 aromatic rings. The quantitative estimate of drug-likeness (QED) is 0.386. The minimum Gasteiger partial charge on any atom is -0.273 e. The number of amides is 4. The summed E-state index contributed by atoms with van der Waals surface area (Å²) in [6, 6.07) is 10.5. The van der Waals surface area contributed by atoms with Gasteiger partial charge in [0.15, 0.2) is 0 Å². The molecular formula is C17H10ClN3O5. The number of hydrogen-bond donors (Lipinski definition) is 1. The molecule has 9 heteroatoms. The number of nitro benzene ring substituents is 1. The van der Waals surface area contributed by atoms with Gasteiger partial charge >= 0.3 is 6.03 Å². The maximum atomic E-state index is 12.7. The largest absolute Gasteiger partial charge is 0.335 e. The van der Waals surface area contributed by atoms with Crippen molar-refractivity contribution in [2.24, 2.45) is 0 Å². The summed E-state index contributed by atoms with van der Waals surface area (Å²) in [6.07, 6.45) is 1.26. The van der Waals surface area contributed by atoms with Crippen molar-refractivity contribution in [2.75, 3.05) is 4.90 Å². The Morgan fingerprint density at radius 2 is 1.77 bits per heavy atom. The SMILES string of the molecule is O=C1NC(=O)N(c2cccc(Cl)c2)C(=O)/C1=C/c1ccc([N+](=O)[O-])cc1. The van der Waals surface area contributed by atoms with Crippen molar-refractivity contribution >= 4 is 46.9 Å². The maximum Gasteiger partial charge on any atom is 0.335 e. The Morgan fingerprint density at radius 1 is 1.08 bits per heavy atom. The van der Waals surface area contributed by atoms with E-state index in [1.807, 2.05) is 0 Å². The second-order valence-corrected chi connectivity index (χ2v) is 5.72. The lowest BCUT2D eigenvalue weighted by Gasteiger charge is -2.26. The van der Waals surface area contributed by atoms with Crippen LogP contribution < -0.4 is 10.2 Å². The third-order valence-electron chi connectivity index (χ3n) is 3.58. The number of nitrogens with zero attached hydrogens (tertiary/aromatic N) is 2. The Labute approximate surface area is 151 Å². The van der Waals surface area contributed by atoms with Gasteiger partial charge in [-0.2, -0.15) is 0 Å². The Balaban J connectivity index is 1.98. The number of rotatable bonds is 3. The molecule has 0 atom stereocenters. The van der Waals surface area contributed by atoms with Gasteiger partial charge in [-0.15, -0.1) is 0 Å². The number of carbonyl (C=O) groups excluding carboxylic acids is 3. The van der Waals surface area contributed by atoms with Crippen molar-refractivity contribution in [2.45, 2.75) is 0 Å². The lowest BCUT2D eigenvalue weighted by atomic mass is 10.1. The van der Waals surface area contributed by atoms with E-state index >= 15 is 0 Å². The van der Waals surface area contributed by atoms with E-state index < -0.39 is 22.8 Å². The van der Waals surface area contributed by atoms with E-state index in [1.165, 1.54) is 42.5 Å². The molecule has 1 N–H and O–H groups in total. The molecule has 3 rings (SSSR count). The van der Waals surface area contributed by atoms with Gasteiger partial charge < -0.3 is 0 Å². The van der Waals surface area contributed by atoms with Crippen LogP contribution in [0, 0.1) is 10.1 Å². The normalized spacial score (nSPS) is 16.0. The van der Waals surface area contributed by atoms with E-state index in [2.05, 4.69) is 5.32 Å². The first-order valence-electron chi connectivity index (χ1n) is 7.28. The molecule has 26 heavy (non-hydrogen) atoms. The number of barbiturate groups is 1. The fourth-order valence-corrected chi connectivity index (χ4v) is 2.55. The molecule has 1 fully saturated rings. The molecule has 0 bridgehead atoms. The van der Waals surface area contributed by atoms with E-state index in [1.54, 1.807) is 12.1 Å². The standard InChI is InChI=1S/C17H10ClN3O5/c18-11-2-1-3-13(9-11)20-16(23)14(15(22)19-17(20)24)8-10-4-6-12(7-5-10)21(25)26/h1-9H,(H,19,22,24)/b14-8+. The molecule has 0 unspecified atom stereocenters. The number of hydrogen-bond acceptors (Lipinski definition) is 5. The third-order valence-corrected chi connectivity index (χ3v) is 3.82. The van der Waals surface area contributed by atoms with Crippen molar-refractivity contribution in [1.82, 2.24) is 5.32 Å². The summed E-state index contributed by atoms with van der Waals surface area (Å²) < 4.78 is 0. The predicted molar refractivity (Wildman–Crippen MR) is 93.6 cm³/mol. The predicted octanol–water partition coefficient (Wildman–Crippen LogP) is 2.91. The van der Waals surface area contributed by atoms with E-state index in [0.29, 0.717) is 10.6 Å². The highest BCUT2D eigenvalue weighted by molar-refractivity contribution is 6.39. The van der Waals surface area contributed by atoms with Crippen molar-refractivity contribution in [3.63, 3.8) is 0 Å². The summed E-state index contributed by atoms with van der Waals surface area (Å²) in [7, 11) is 0. The Kier molecular flexibility index (Phi) is 4.51. The zero-order valence-corrected chi connectivity index (χ0v) is 13.8. The van der Waals surface area contributed by atoms with Gasteiger partial charge in [-0.05, 0) is 42.0 Å². The first-order valence-corrected chi connectivity index (χ1v) is 7.66. The zero-order valence-electron chi connectivity index (χ0n) is 13.0. The number of nitrogens with one attached hydrogen (secondary N) is 1. The fourth-order valence-electron chi connectivity index (χ4n) is 2.37. The minimum absolute atomic E-state index is 0.123. The third kappa shape index (κ3) is 3.31. The monoisotopic (exact) mass is 371 g/mol. The Bertz CT molecular complexity index is 969. The number of nitro groups is 1. The van der Waals surface area contributed by atoms with Crippen LogP contribution in [0.15, 0.2) is 54.1 Å². The van der Waals surface area contributed by atoms with Crippen LogP contribution in [0.5, 0.6) is 0 Å². The van der Waals surface area contributed by atoms with E-state index in [0.717, 1.165) is 4.90 Å². The second kappa shape index (κ2) is 6.77. The molecule has 1 saturated heterocycles. The molecule has 1 aliphatic rings. The first-order chi connectivity index (χ1) is 12.4. The number of carbonyl (C=O) groups is 3. The second-order valence-electron chi connectivity index (χ2n) is 5.29. The molecule has 0 saturated carbocycles. The van der Waals surface area contributed by atoms with Crippen LogP contribution in [0.1, 0.15) is 5.56 Å². The molecule has 1 aliphatic heterocycles. The summed E-state index contributed by atoms with van der Waals surface area (Å²) in [5.74, 6) is -1.67. The van der Waals surface area contributed by atoms with Crippen molar-refractivity contribution in [3.05, 3.63) is 74.8 Å². The van der Waals surface area contributed by atoms with Gasteiger partial charge in [-0.3, -0.25) is 25.0 Å². The van der Waals surface area contributed by atoms with Crippen LogP contribution in [-0.4, -0.2) is 22.8 Å². The smallest absolute Gasteiger partial charge is 0.273 e. The highest BCUT2D eigenvalue weighted by atomic mass is 35.5. The molecule has 2 aromatic carbocycles. The topological polar surface area (TPSA) is 110 Å². The number of halogens is 1. The van der Waals surface area contributed by atoms with Crippen LogP contribution in [0.25, 0.3) is 6.08 Å². The molecule has 8 nitrogen and oxygen atoms in total. The average Bonchev–Trinajstić information content (AvgIpc) is 2.59. The van der Waals surface area contributed by atoms with Crippen LogP contribution >= 0.6 is 11.6 Å². The van der Waals surface area contributed by atoms with Crippen molar-refractivity contribution < 1.29 is 19.3 Å². The minimum atomic E-state index is -0.886. The van der Waals surface area contributed by atoms with Crippen LogP contribution in [-0.2, 0) is 9.59 Å². The highest BCUT2D eigenvalue weighted by Gasteiger charge is 2.36. The van der Waals surface area contributed by atoms with Gasteiger partial charge in [-0.25, -0.2) is 9.69 Å². The molecule has 0 radical (unpaired) electrons. The number of benzene rings is 2. The number of urea groups is 1. The van der Waals surface area contributed by atoms with E-state index in [9.17, 15) is 24.5 Å². The average molecular weight is 372 g/mol. The Morgan fingerprint density at radius 3 is 2.38 bits per heavy atom. The van der Waals surface area contributed by atoms with Gasteiger partial charge in [0, 0.05) is 17.2 Å². The molecule has 1 heterocycles. The van der Waals surface area contributed by atoms with Gasteiger partial charge in [0.25, 0.3) is 17.5 Å².